The lowest BCUT2D eigenvalue weighted by Crippen LogP contribution is -2.27. The summed E-state index contributed by atoms with van der Waals surface area (Å²) in [6.45, 7) is 5.58. The van der Waals surface area contributed by atoms with Gasteiger partial charge in [-0.05, 0) is 42.0 Å². The number of carbonyl (C=O) groups excluding carboxylic acids is 1. The molecular formula is C25H23ClN2O2. The monoisotopic (exact) mass is 418 g/mol. The van der Waals surface area contributed by atoms with Crippen molar-refractivity contribution in [3.8, 4) is 11.1 Å². The average Bonchev–Trinajstić information content (AvgIpc) is 2.72. The van der Waals surface area contributed by atoms with Crippen LogP contribution < -0.4 is 10.7 Å². The first-order chi connectivity index (χ1) is 14.2. The van der Waals surface area contributed by atoms with Crippen molar-refractivity contribution >= 4 is 45.0 Å². The Bertz CT molecular complexity index is 1360. The molecular weight excluding hydrogens is 396 g/mol. The van der Waals surface area contributed by atoms with E-state index in [1.54, 1.807) is 18.2 Å². The Kier molecular flexibility index (Phi) is 4.91. The number of nitrogens with zero attached hydrogens (tertiary/aromatic N) is 1. The fraction of sp³-hybridized carbons (Fsp3) is 0.200. The molecule has 4 aromatic rings. The number of aromatic nitrogens is 1. The first-order valence-corrected chi connectivity index (χ1v) is 10.2. The fourth-order valence-corrected chi connectivity index (χ4v) is 3.84. The van der Waals surface area contributed by atoms with E-state index in [-0.39, 0.29) is 11.3 Å². The van der Waals surface area contributed by atoms with Crippen molar-refractivity contribution in [1.82, 2.24) is 4.57 Å². The number of carbonyl (C=O) groups is 1. The van der Waals surface area contributed by atoms with Crippen LogP contribution in [0.25, 0.3) is 32.9 Å². The molecule has 0 aliphatic rings. The second-order valence-electron chi connectivity index (χ2n) is 8.50. The van der Waals surface area contributed by atoms with Crippen LogP contribution in [0.5, 0.6) is 0 Å². The van der Waals surface area contributed by atoms with Gasteiger partial charge in [-0.15, -0.1) is 0 Å². The summed E-state index contributed by atoms with van der Waals surface area (Å²) in [4.78, 5) is 26.1. The molecule has 4 nitrogen and oxygen atoms in total. The second-order valence-corrected chi connectivity index (χ2v) is 8.94. The van der Waals surface area contributed by atoms with Crippen LogP contribution in [0, 0.1) is 5.41 Å². The van der Waals surface area contributed by atoms with Crippen LogP contribution >= 0.6 is 11.6 Å². The third-order valence-corrected chi connectivity index (χ3v) is 5.58. The number of hydrogen-bond acceptors (Lipinski definition) is 2. The number of benzene rings is 3. The maximum atomic E-state index is 13.5. The van der Waals surface area contributed by atoms with E-state index in [4.69, 9.17) is 11.6 Å². The van der Waals surface area contributed by atoms with Gasteiger partial charge in [0.2, 0.25) is 5.91 Å². The molecule has 0 saturated carbocycles. The van der Waals surface area contributed by atoms with Crippen molar-refractivity contribution in [2.75, 3.05) is 5.32 Å². The third kappa shape index (κ3) is 3.37. The number of nitrogens with one attached hydrogen (secondary N) is 1. The minimum atomic E-state index is -0.554. The highest BCUT2D eigenvalue weighted by Crippen LogP contribution is 2.36. The van der Waals surface area contributed by atoms with E-state index in [2.05, 4.69) is 5.32 Å². The Balaban J connectivity index is 2.05. The van der Waals surface area contributed by atoms with Gasteiger partial charge < -0.3 is 9.88 Å². The Labute approximate surface area is 180 Å². The molecule has 0 bridgehead atoms. The van der Waals surface area contributed by atoms with Crippen molar-refractivity contribution in [2.24, 2.45) is 12.5 Å². The molecule has 1 N–H and O–H groups in total. The number of pyridine rings is 1. The Morgan fingerprint density at radius 2 is 1.63 bits per heavy atom. The SMILES string of the molecule is Cn1c2ccccc2c(=O)c2c(-c3cc(Cl)ccc3NC(=O)C(C)(C)C)cccc21. The van der Waals surface area contributed by atoms with E-state index in [1.807, 2.05) is 74.9 Å². The number of fused-ring (bicyclic) bond motifs is 2. The zero-order valence-electron chi connectivity index (χ0n) is 17.4. The number of halogens is 1. The van der Waals surface area contributed by atoms with E-state index in [9.17, 15) is 9.59 Å². The van der Waals surface area contributed by atoms with E-state index >= 15 is 0 Å². The molecule has 152 valence electrons. The van der Waals surface area contributed by atoms with Gasteiger partial charge in [-0.2, -0.15) is 0 Å². The van der Waals surface area contributed by atoms with Gasteiger partial charge in [0.05, 0.1) is 16.4 Å². The molecule has 0 spiro atoms. The van der Waals surface area contributed by atoms with Gasteiger partial charge in [-0.1, -0.05) is 56.6 Å². The molecule has 1 heterocycles. The predicted octanol–water partition coefficient (Wildman–Crippen LogP) is 6.00. The van der Waals surface area contributed by atoms with Crippen LogP contribution in [0.4, 0.5) is 5.69 Å². The number of hydrogen-bond donors (Lipinski definition) is 1. The van der Waals surface area contributed by atoms with Gasteiger partial charge >= 0.3 is 0 Å². The van der Waals surface area contributed by atoms with E-state index in [0.29, 0.717) is 21.5 Å². The van der Waals surface area contributed by atoms with Crippen LogP contribution in [0.2, 0.25) is 5.02 Å². The topological polar surface area (TPSA) is 51.1 Å². The van der Waals surface area contributed by atoms with Crippen molar-refractivity contribution in [3.63, 3.8) is 0 Å². The molecule has 4 rings (SSSR count). The lowest BCUT2D eigenvalue weighted by atomic mass is 9.94. The normalized spacial score (nSPS) is 11.8. The van der Waals surface area contributed by atoms with Gasteiger partial charge in [0.15, 0.2) is 5.43 Å². The summed E-state index contributed by atoms with van der Waals surface area (Å²) < 4.78 is 2.02. The fourth-order valence-electron chi connectivity index (χ4n) is 3.66. The summed E-state index contributed by atoms with van der Waals surface area (Å²) in [5.74, 6) is -0.107. The summed E-state index contributed by atoms with van der Waals surface area (Å²) in [7, 11) is 1.95. The lowest BCUT2D eigenvalue weighted by molar-refractivity contribution is -0.123. The molecule has 0 fully saturated rings. The molecule has 0 aliphatic carbocycles. The van der Waals surface area contributed by atoms with Gasteiger partial charge in [-0.3, -0.25) is 9.59 Å². The molecule has 0 atom stereocenters. The molecule has 1 aromatic heterocycles. The summed E-state index contributed by atoms with van der Waals surface area (Å²) in [6, 6.07) is 18.6. The highest BCUT2D eigenvalue weighted by atomic mass is 35.5. The quantitative estimate of drug-likeness (QED) is 0.406. The molecule has 0 aliphatic heterocycles. The largest absolute Gasteiger partial charge is 0.343 e. The number of amides is 1. The number of rotatable bonds is 2. The summed E-state index contributed by atoms with van der Waals surface area (Å²) >= 11 is 6.31. The van der Waals surface area contributed by atoms with Gasteiger partial charge in [0.1, 0.15) is 0 Å². The average molecular weight is 419 g/mol. The molecule has 3 aromatic carbocycles. The minimum absolute atomic E-state index is 0.0395. The molecule has 0 unspecified atom stereocenters. The summed E-state index contributed by atoms with van der Waals surface area (Å²) in [6.07, 6.45) is 0. The van der Waals surface area contributed by atoms with E-state index in [0.717, 1.165) is 22.2 Å². The second kappa shape index (κ2) is 7.29. The Hall–Kier alpha value is -3.11. The molecule has 5 heteroatoms. The number of aryl methyl sites for hydroxylation is 1. The van der Waals surface area contributed by atoms with Crippen molar-refractivity contribution in [2.45, 2.75) is 20.8 Å². The summed E-state index contributed by atoms with van der Waals surface area (Å²) in [5.41, 5.74) is 3.19. The van der Waals surface area contributed by atoms with Gasteiger partial charge in [0, 0.05) is 34.1 Å². The van der Waals surface area contributed by atoms with Gasteiger partial charge in [-0.25, -0.2) is 0 Å². The maximum absolute atomic E-state index is 13.5. The number of para-hydroxylation sites is 1. The van der Waals surface area contributed by atoms with Crippen LogP contribution in [0.3, 0.4) is 0 Å². The highest BCUT2D eigenvalue weighted by molar-refractivity contribution is 6.31. The zero-order valence-corrected chi connectivity index (χ0v) is 18.2. The number of anilines is 1. The lowest BCUT2D eigenvalue weighted by Gasteiger charge is -2.20. The first-order valence-electron chi connectivity index (χ1n) is 9.80. The minimum Gasteiger partial charge on any atom is -0.343 e. The van der Waals surface area contributed by atoms with Crippen LogP contribution in [0.1, 0.15) is 20.8 Å². The van der Waals surface area contributed by atoms with Crippen LogP contribution in [-0.4, -0.2) is 10.5 Å². The van der Waals surface area contributed by atoms with Crippen LogP contribution in [0.15, 0.2) is 65.5 Å². The third-order valence-electron chi connectivity index (χ3n) is 5.34. The highest BCUT2D eigenvalue weighted by Gasteiger charge is 2.23. The van der Waals surface area contributed by atoms with E-state index < -0.39 is 5.41 Å². The molecule has 0 saturated heterocycles. The molecule has 30 heavy (non-hydrogen) atoms. The Morgan fingerprint density at radius 3 is 2.37 bits per heavy atom. The molecule has 1 amide bonds. The maximum Gasteiger partial charge on any atom is 0.229 e. The smallest absolute Gasteiger partial charge is 0.229 e. The standard InChI is InChI=1S/C25H23ClN2O2/c1-25(2,3)24(30)27-19-13-12-15(26)14-18(19)16-9-7-11-21-22(16)23(29)17-8-5-6-10-20(17)28(21)4/h5-14H,1-4H3,(H,27,30). The summed E-state index contributed by atoms with van der Waals surface area (Å²) in [5, 5.41) is 4.80. The van der Waals surface area contributed by atoms with Gasteiger partial charge in [0.25, 0.3) is 0 Å². The first kappa shape index (κ1) is 20.2. The predicted molar refractivity (Wildman–Crippen MR) is 125 cm³/mol. The zero-order chi connectivity index (χ0) is 21.6. The molecule has 0 radical (unpaired) electrons. The van der Waals surface area contributed by atoms with E-state index in [1.165, 1.54) is 0 Å². The van der Waals surface area contributed by atoms with Crippen molar-refractivity contribution in [3.05, 3.63) is 75.9 Å². The van der Waals surface area contributed by atoms with Crippen molar-refractivity contribution in [1.29, 1.82) is 0 Å². The van der Waals surface area contributed by atoms with Crippen molar-refractivity contribution < 1.29 is 4.79 Å². The Morgan fingerprint density at radius 1 is 0.933 bits per heavy atom. The van der Waals surface area contributed by atoms with Crippen LogP contribution in [-0.2, 0) is 11.8 Å².